The third-order valence-corrected chi connectivity index (χ3v) is 4.38. The zero-order chi connectivity index (χ0) is 16.2. The van der Waals surface area contributed by atoms with Crippen molar-refractivity contribution in [2.75, 3.05) is 6.54 Å². The fourth-order valence-electron chi connectivity index (χ4n) is 2.26. The zero-order valence-electron chi connectivity index (χ0n) is 13.3. The van der Waals surface area contributed by atoms with Gasteiger partial charge in [-0.25, -0.2) is 0 Å². The molecular formula is C18H22BrClN2O. The molecule has 1 amide bonds. The van der Waals surface area contributed by atoms with E-state index in [0.717, 1.165) is 10.0 Å². The average molecular weight is 398 g/mol. The lowest BCUT2D eigenvalue weighted by Crippen LogP contribution is -2.49. The third kappa shape index (κ3) is 5.06. The molecule has 0 aromatic heterocycles. The van der Waals surface area contributed by atoms with Gasteiger partial charge in [-0.3, -0.25) is 4.79 Å². The summed E-state index contributed by atoms with van der Waals surface area (Å²) in [7, 11) is 0. The fourth-order valence-corrected chi connectivity index (χ4v) is 2.52. The maximum Gasteiger partial charge on any atom is 0.244 e. The van der Waals surface area contributed by atoms with Crippen LogP contribution in [0.15, 0.2) is 59.1 Å². The Morgan fingerprint density at radius 1 is 1.17 bits per heavy atom. The fraction of sp³-hybridized carbons (Fsp3) is 0.278. The van der Waals surface area contributed by atoms with E-state index in [1.165, 1.54) is 5.56 Å². The second-order valence-corrected chi connectivity index (χ2v) is 6.65. The first-order chi connectivity index (χ1) is 10.4. The van der Waals surface area contributed by atoms with Crippen LogP contribution < -0.4 is 11.1 Å². The number of carbonyl (C=O) groups excluding carboxylic acids is 1. The number of amides is 1. The second kappa shape index (κ2) is 8.48. The summed E-state index contributed by atoms with van der Waals surface area (Å²) in [6.07, 6.45) is 0. The van der Waals surface area contributed by atoms with E-state index in [2.05, 4.69) is 40.3 Å². The van der Waals surface area contributed by atoms with Crippen LogP contribution in [0.5, 0.6) is 0 Å². The molecule has 2 aromatic rings. The topological polar surface area (TPSA) is 55.1 Å². The second-order valence-electron chi connectivity index (χ2n) is 5.73. The van der Waals surface area contributed by atoms with Crippen LogP contribution >= 0.6 is 28.3 Å². The standard InChI is InChI=1S/C18H21BrN2O.ClH/c1-13(14-6-4-3-5-7-14)12-21-17(22)18(2,20)15-8-10-16(19)11-9-15;/h3-11,13H,12,20H2,1-2H3,(H,21,22);1H. The molecule has 2 aromatic carbocycles. The van der Waals surface area contributed by atoms with Crippen LogP contribution in [-0.4, -0.2) is 12.5 Å². The molecule has 0 heterocycles. The van der Waals surface area contributed by atoms with Crippen molar-refractivity contribution in [2.45, 2.75) is 25.3 Å². The maximum atomic E-state index is 12.4. The monoisotopic (exact) mass is 396 g/mol. The first-order valence-electron chi connectivity index (χ1n) is 7.29. The smallest absolute Gasteiger partial charge is 0.244 e. The number of carbonyl (C=O) groups is 1. The quantitative estimate of drug-likeness (QED) is 0.802. The van der Waals surface area contributed by atoms with Gasteiger partial charge in [0.2, 0.25) is 5.91 Å². The summed E-state index contributed by atoms with van der Waals surface area (Å²) in [5.41, 5.74) is 7.18. The van der Waals surface area contributed by atoms with Gasteiger partial charge in [0.25, 0.3) is 0 Å². The molecule has 0 aliphatic rings. The molecule has 0 bridgehead atoms. The van der Waals surface area contributed by atoms with E-state index < -0.39 is 5.54 Å². The highest BCUT2D eigenvalue weighted by Crippen LogP contribution is 2.21. The van der Waals surface area contributed by atoms with Gasteiger partial charge in [-0.1, -0.05) is 65.3 Å². The van der Waals surface area contributed by atoms with Crippen molar-refractivity contribution in [1.82, 2.24) is 5.32 Å². The van der Waals surface area contributed by atoms with Crippen molar-refractivity contribution in [3.63, 3.8) is 0 Å². The lowest BCUT2D eigenvalue weighted by molar-refractivity contribution is -0.126. The molecule has 0 fully saturated rings. The van der Waals surface area contributed by atoms with E-state index in [1.807, 2.05) is 42.5 Å². The van der Waals surface area contributed by atoms with Crippen molar-refractivity contribution in [3.05, 3.63) is 70.2 Å². The van der Waals surface area contributed by atoms with Gasteiger partial charge in [-0.05, 0) is 36.1 Å². The van der Waals surface area contributed by atoms with Crippen LogP contribution in [0.25, 0.3) is 0 Å². The first kappa shape index (κ1) is 19.7. The maximum absolute atomic E-state index is 12.4. The van der Waals surface area contributed by atoms with Crippen LogP contribution in [0.4, 0.5) is 0 Å². The lowest BCUT2D eigenvalue weighted by atomic mass is 9.92. The predicted molar refractivity (Wildman–Crippen MR) is 101 cm³/mol. The molecule has 0 aliphatic heterocycles. The number of rotatable bonds is 5. The van der Waals surface area contributed by atoms with Gasteiger partial charge < -0.3 is 11.1 Å². The minimum absolute atomic E-state index is 0. The SMILES string of the molecule is CC(CNC(=O)C(C)(N)c1ccc(Br)cc1)c1ccccc1.Cl. The molecule has 0 radical (unpaired) electrons. The van der Waals surface area contributed by atoms with Gasteiger partial charge in [0.05, 0.1) is 0 Å². The van der Waals surface area contributed by atoms with Crippen LogP contribution in [0.3, 0.4) is 0 Å². The van der Waals surface area contributed by atoms with Gasteiger partial charge in [0.15, 0.2) is 0 Å². The van der Waals surface area contributed by atoms with Crippen molar-refractivity contribution in [2.24, 2.45) is 5.73 Å². The van der Waals surface area contributed by atoms with E-state index >= 15 is 0 Å². The third-order valence-electron chi connectivity index (χ3n) is 3.85. The molecule has 23 heavy (non-hydrogen) atoms. The minimum atomic E-state index is -1.04. The van der Waals surface area contributed by atoms with Gasteiger partial charge in [-0.15, -0.1) is 12.4 Å². The highest BCUT2D eigenvalue weighted by molar-refractivity contribution is 9.10. The summed E-state index contributed by atoms with van der Waals surface area (Å²) < 4.78 is 0.963. The summed E-state index contributed by atoms with van der Waals surface area (Å²) >= 11 is 3.38. The summed E-state index contributed by atoms with van der Waals surface area (Å²) in [4.78, 5) is 12.4. The first-order valence-corrected chi connectivity index (χ1v) is 8.08. The Bertz CT molecular complexity index is 629. The van der Waals surface area contributed by atoms with Crippen LogP contribution in [0.1, 0.15) is 30.9 Å². The van der Waals surface area contributed by atoms with E-state index in [4.69, 9.17) is 5.73 Å². The van der Waals surface area contributed by atoms with Crippen LogP contribution in [-0.2, 0) is 10.3 Å². The highest BCUT2D eigenvalue weighted by Gasteiger charge is 2.30. The zero-order valence-corrected chi connectivity index (χ0v) is 15.7. The van der Waals surface area contributed by atoms with Gasteiger partial charge in [0.1, 0.15) is 5.54 Å². The van der Waals surface area contributed by atoms with E-state index in [1.54, 1.807) is 6.92 Å². The minimum Gasteiger partial charge on any atom is -0.354 e. The number of halogens is 2. The molecule has 2 rings (SSSR count). The number of hydrogen-bond acceptors (Lipinski definition) is 2. The normalized spacial score (nSPS) is 14.3. The van der Waals surface area contributed by atoms with E-state index in [9.17, 15) is 4.79 Å². The highest BCUT2D eigenvalue weighted by atomic mass is 79.9. The lowest BCUT2D eigenvalue weighted by Gasteiger charge is -2.25. The summed E-state index contributed by atoms with van der Waals surface area (Å²) in [5.74, 6) is 0.0727. The predicted octanol–water partition coefficient (Wildman–Crippen LogP) is 3.96. The molecular weight excluding hydrogens is 376 g/mol. The number of nitrogens with one attached hydrogen (secondary N) is 1. The summed E-state index contributed by atoms with van der Waals surface area (Å²) in [5, 5.41) is 2.96. The molecule has 0 aliphatic carbocycles. The van der Waals surface area contributed by atoms with Crippen molar-refractivity contribution in [1.29, 1.82) is 0 Å². The molecule has 0 saturated heterocycles. The Morgan fingerprint density at radius 2 is 1.74 bits per heavy atom. The van der Waals surface area contributed by atoms with Gasteiger partial charge >= 0.3 is 0 Å². The molecule has 3 nitrogen and oxygen atoms in total. The molecule has 2 unspecified atom stereocenters. The largest absolute Gasteiger partial charge is 0.354 e. The van der Waals surface area contributed by atoms with Gasteiger partial charge in [0, 0.05) is 11.0 Å². The Labute approximate surface area is 152 Å². The Balaban J connectivity index is 0.00000264. The Kier molecular flexibility index (Phi) is 7.26. The molecule has 0 spiro atoms. The number of nitrogens with two attached hydrogens (primary N) is 1. The van der Waals surface area contributed by atoms with Crippen molar-refractivity contribution >= 4 is 34.2 Å². The van der Waals surface area contributed by atoms with E-state index in [0.29, 0.717) is 6.54 Å². The van der Waals surface area contributed by atoms with Crippen LogP contribution in [0, 0.1) is 0 Å². The number of hydrogen-bond donors (Lipinski definition) is 2. The van der Waals surface area contributed by atoms with E-state index in [-0.39, 0.29) is 24.2 Å². The molecule has 0 saturated carbocycles. The molecule has 3 N–H and O–H groups in total. The Hall–Kier alpha value is -1.36. The summed E-state index contributed by atoms with van der Waals surface area (Å²) in [6.45, 7) is 4.38. The van der Waals surface area contributed by atoms with Crippen molar-refractivity contribution in [3.8, 4) is 0 Å². The summed E-state index contributed by atoms with van der Waals surface area (Å²) in [6, 6.07) is 17.6. The molecule has 124 valence electrons. The molecule has 2 atom stereocenters. The average Bonchev–Trinajstić information content (AvgIpc) is 2.53. The Morgan fingerprint density at radius 3 is 2.30 bits per heavy atom. The van der Waals surface area contributed by atoms with Gasteiger partial charge in [-0.2, -0.15) is 0 Å². The molecule has 5 heteroatoms. The van der Waals surface area contributed by atoms with Crippen molar-refractivity contribution < 1.29 is 4.79 Å². The van der Waals surface area contributed by atoms with Crippen LogP contribution in [0.2, 0.25) is 0 Å². The number of benzene rings is 2.